The molecule has 8 heteroatoms. The Balaban J connectivity index is 1.96. The maximum atomic E-state index is 13.1. The second-order valence-corrected chi connectivity index (χ2v) is 6.89. The van der Waals surface area contributed by atoms with Gasteiger partial charge in [-0.1, -0.05) is 25.1 Å². The van der Waals surface area contributed by atoms with Crippen molar-refractivity contribution in [1.29, 1.82) is 0 Å². The summed E-state index contributed by atoms with van der Waals surface area (Å²) in [4.78, 5) is 23.7. The average molecular weight is 387 g/mol. The van der Waals surface area contributed by atoms with Crippen molar-refractivity contribution in [2.75, 3.05) is 19.8 Å². The Morgan fingerprint density at radius 2 is 1.89 bits per heavy atom. The quantitative estimate of drug-likeness (QED) is 0.752. The number of benzene rings is 1. The zero-order chi connectivity index (χ0) is 20.0. The number of amides is 1. The van der Waals surface area contributed by atoms with Gasteiger partial charge in [0.25, 0.3) is 0 Å². The summed E-state index contributed by atoms with van der Waals surface area (Å²) in [5.74, 6) is -2.90. The maximum absolute atomic E-state index is 13.1. The number of carboxylic acid groups (broad SMARTS) is 1. The molecule has 1 heterocycles. The molecule has 1 aromatic carbocycles. The predicted molar refractivity (Wildman–Crippen MR) is 92.2 cm³/mol. The number of carbonyl (C=O) groups is 2. The Hall–Kier alpha value is -2.09. The molecule has 0 aliphatic carbocycles. The third kappa shape index (κ3) is 5.95. The highest BCUT2D eigenvalue weighted by Crippen LogP contribution is 2.36. The minimum Gasteiger partial charge on any atom is -0.481 e. The fourth-order valence-electron chi connectivity index (χ4n) is 3.44. The molecule has 0 saturated carbocycles. The van der Waals surface area contributed by atoms with Crippen LogP contribution in [0.2, 0.25) is 0 Å². The highest BCUT2D eigenvalue weighted by molar-refractivity contribution is 5.78. The van der Waals surface area contributed by atoms with Crippen molar-refractivity contribution < 1.29 is 32.6 Å². The molecule has 2 unspecified atom stereocenters. The Bertz CT molecular complexity index is 657. The zero-order valence-corrected chi connectivity index (χ0v) is 15.1. The summed E-state index contributed by atoms with van der Waals surface area (Å²) < 4.78 is 44.6. The largest absolute Gasteiger partial charge is 0.481 e. The van der Waals surface area contributed by atoms with E-state index in [0.717, 1.165) is 6.07 Å². The molecule has 1 amide bonds. The van der Waals surface area contributed by atoms with E-state index >= 15 is 0 Å². The van der Waals surface area contributed by atoms with Gasteiger partial charge in [0.1, 0.15) is 0 Å². The molecule has 2 rings (SSSR count). The minimum atomic E-state index is -4.49. The summed E-state index contributed by atoms with van der Waals surface area (Å²) in [6.07, 6.45) is -3.41. The summed E-state index contributed by atoms with van der Waals surface area (Å²) in [5, 5.41) is 12.0. The van der Waals surface area contributed by atoms with Gasteiger partial charge in [0.2, 0.25) is 5.91 Å². The van der Waals surface area contributed by atoms with E-state index in [-0.39, 0.29) is 24.4 Å². The summed E-state index contributed by atoms with van der Waals surface area (Å²) in [5.41, 5.74) is -0.699. The SMILES string of the molecule is CC(CC(=O)NCC(C(=O)O)C1CCOCC1)c1ccccc1C(F)(F)F. The average Bonchev–Trinajstić information content (AvgIpc) is 2.61. The lowest BCUT2D eigenvalue weighted by Gasteiger charge is -2.27. The smallest absolute Gasteiger partial charge is 0.416 e. The van der Waals surface area contributed by atoms with Gasteiger partial charge in [-0.3, -0.25) is 9.59 Å². The van der Waals surface area contributed by atoms with E-state index in [1.165, 1.54) is 18.2 Å². The van der Waals surface area contributed by atoms with Crippen LogP contribution in [0, 0.1) is 11.8 Å². The number of ether oxygens (including phenoxy) is 1. The summed E-state index contributed by atoms with van der Waals surface area (Å²) in [7, 11) is 0. The van der Waals surface area contributed by atoms with Crippen LogP contribution >= 0.6 is 0 Å². The van der Waals surface area contributed by atoms with Crippen LogP contribution in [0.25, 0.3) is 0 Å². The molecule has 150 valence electrons. The molecule has 0 bridgehead atoms. The maximum Gasteiger partial charge on any atom is 0.416 e. The lowest BCUT2D eigenvalue weighted by molar-refractivity contribution is -0.145. The molecule has 0 radical (unpaired) electrons. The number of aliphatic carboxylic acids is 1. The van der Waals surface area contributed by atoms with Crippen LogP contribution in [0.15, 0.2) is 24.3 Å². The third-order valence-corrected chi connectivity index (χ3v) is 4.96. The van der Waals surface area contributed by atoms with Gasteiger partial charge in [0, 0.05) is 26.2 Å². The summed E-state index contributed by atoms with van der Waals surface area (Å²) >= 11 is 0. The number of alkyl halides is 3. The van der Waals surface area contributed by atoms with Gasteiger partial charge >= 0.3 is 12.1 Å². The summed E-state index contributed by atoms with van der Waals surface area (Å²) in [6.45, 7) is 2.51. The van der Waals surface area contributed by atoms with E-state index < -0.39 is 35.5 Å². The molecule has 1 aliphatic heterocycles. The number of halogens is 3. The number of rotatable bonds is 7. The highest BCUT2D eigenvalue weighted by atomic mass is 19.4. The van der Waals surface area contributed by atoms with E-state index in [9.17, 15) is 27.9 Å². The van der Waals surface area contributed by atoms with E-state index in [4.69, 9.17) is 4.74 Å². The topological polar surface area (TPSA) is 75.6 Å². The van der Waals surface area contributed by atoms with Gasteiger partial charge in [-0.15, -0.1) is 0 Å². The van der Waals surface area contributed by atoms with Crippen LogP contribution in [0.1, 0.15) is 43.2 Å². The molecule has 0 spiro atoms. The Morgan fingerprint density at radius 1 is 1.26 bits per heavy atom. The van der Waals surface area contributed by atoms with Gasteiger partial charge in [0.05, 0.1) is 11.5 Å². The molecule has 1 aliphatic rings. The van der Waals surface area contributed by atoms with Crippen molar-refractivity contribution in [3.05, 3.63) is 35.4 Å². The van der Waals surface area contributed by atoms with Crippen LogP contribution in [-0.4, -0.2) is 36.7 Å². The molecule has 5 nitrogen and oxygen atoms in total. The Kier molecular flexibility index (Phi) is 7.24. The van der Waals surface area contributed by atoms with E-state index in [1.54, 1.807) is 6.92 Å². The molecule has 1 fully saturated rings. The van der Waals surface area contributed by atoms with Crippen molar-refractivity contribution >= 4 is 11.9 Å². The molecule has 2 atom stereocenters. The second-order valence-electron chi connectivity index (χ2n) is 6.89. The first-order valence-corrected chi connectivity index (χ1v) is 8.93. The van der Waals surface area contributed by atoms with Crippen LogP contribution in [0.3, 0.4) is 0 Å². The standard InChI is InChI=1S/C19H24F3NO4/c1-12(14-4-2-3-5-16(14)19(20,21)22)10-17(24)23-11-15(18(25)26)13-6-8-27-9-7-13/h2-5,12-13,15H,6-11H2,1H3,(H,23,24)(H,25,26). The van der Waals surface area contributed by atoms with E-state index in [1.807, 2.05) is 0 Å². The first kappa shape index (κ1) is 21.2. The highest BCUT2D eigenvalue weighted by Gasteiger charge is 2.34. The van der Waals surface area contributed by atoms with Gasteiger partial charge in [0.15, 0.2) is 0 Å². The molecule has 1 aromatic rings. The van der Waals surface area contributed by atoms with Crippen LogP contribution < -0.4 is 5.32 Å². The van der Waals surface area contributed by atoms with Gasteiger partial charge < -0.3 is 15.2 Å². The lowest BCUT2D eigenvalue weighted by Crippen LogP contribution is -2.39. The third-order valence-electron chi connectivity index (χ3n) is 4.96. The zero-order valence-electron chi connectivity index (χ0n) is 15.1. The first-order chi connectivity index (χ1) is 12.7. The number of carbonyl (C=O) groups excluding carboxylic acids is 1. The number of nitrogens with one attached hydrogen (secondary N) is 1. The van der Waals surface area contributed by atoms with E-state index in [2.05, 4.69) is 5.32 Å². The van der Waals surface area contributed by atoms with Crippen molar-refractivity contribution in [2.24, 2.45) is 11.8 Å². The molecule has 0 aromatic heterocycles. The number of hydrogen-bond acceptors (Lipinski definition) is 3. The molecule has 1 saturated heterocycles. The van der Waals surface area contributed by atoms with Crippen LogP contribution in [-0.2, 0) is 20.5 Å². The number of carboxylic acids is 1. The number of hydrogen-bond donors (Lipinski definition) is 2. The Morgan fingerprint density at radius 3 is 2.48 bits per heavy atom. The van der Waals surface area contributed by atoms with Gasteiger partial charge in [-0.25, -0.2) is 0 Å². The first-order valence-electron chi connectivity index (χ1n) is 8.93. The fourth-order valence-corrected chi connectivity index (χ4v) is 3.44. The van der Waals surface area contributed by atoms with Crippen molar-refractivity contribution in [2.45, 2.75) is 38.3 Å². The molecular weight excluding hydrogens is 363 g/mol. The molecule has 27 heavy (non-hydrogen) atoms. The van der Waals surface area contributed by atoms with Gasteiger partial charge in [-0.2, -0.15) is 13.2 Å². The van der Waals surface area contributed by atoms with Crippen molar-refractivity contribution in [3.63, 3.8) is 0 Å². The second kappa shape index (κ2) is 9.21. The van der Waals surface area contributed by atoms with E-state index in [0.29, 0.717) is 26.1 Å². The Labute approximate surface area is 155 Å². The van der Waals surface area contributed by atoms with Crippen molar-refractivity contribution in [3.8, 4) is 0 Å². The van der Waals surface area contributed by atoms with Crippen LogP contribution in [0.4, 0.5) is 13.2 Å². The lowest BCUT2D eigenvalue weighted by atomic mass is 9.86. The predicted octanol–water partition coefficient (Wildman–Crippen LogP) is 3.44. The molecule has 2 N–H and O–H groups in total. The normalized spacial score (nSPS) is 17.9. The minimum absolute atomic E-state index is 0.0352. The molecular formula is C19H24F3NO4. The summed E-state index contributed by atoms with van der Waals surface area (Å²) in [6, 6.07) is 5.17. The monoisotopic (exact) mass is 387 g/mol. The fraction of sp³-hybridized carbons (Fsp3) is 0.579. The van der Waals surface area contributed by atoms with Crippen molar-refractivity contribution in [1.82, 2.24) is 5.32 Å². The van der Waals surface area contributed by atoms with Crippen LogP contribution in [0.5, 0.6) is 0 Å². The van der Waals surface area contributed by atoms with Gasteiger partial charge in [-0.05, 0) is 36.3 Å².